The molecule has 1 aromatic carbocycles. The van der Waals surface area contributed by atoms with Gasteiger partial charge in [-0.15, -0.1) is 0 Å². The van der Waals surface area contributed by atoms with Gasteiger partial charge < -0.3 is 22.5 Å². The SMILES string of the molecule is CC(C)C[C@H](N)C(=O)Nc1cc(C(N)=O)cc(C(N)=O)c1. The molecule has 0 bridgehead atoms. The predicted octanol–water partition coefficient (Wildman–Crippen LogP) is 0.196. The summed E-state index contributed by atoms with van der Waals surface area (Å²) in [6.07, 6.45) is 0.518. The minimum absolute atomic E-state index is 0.0824. The van der Waals surface area contributed by atoms with Crippen molar-refractivity contribution in [1.82, 2.24) is 0 Å². The normalized spacial score (nSPS) is 12.0. The fourth-order valence-corrected chi connectivity index (χ4v) is 1.83. The Bertz CT molecular complexity index is 537. The maximum absolute atomic E-state index is 11.9. The van der Waals surface area contributed by atoms with E-state index in [9.17, 15) is 14.4 Å². The van der Waals surface area contributed by atoms with Crippen molar-refractivity contribution in [3.05, 3.63) is 29.3 Å². The fourth-order valence-electron chi connectivity index (χ4n) is 1.83. The summed E-state index contributed by atoms with van der Waals surface area (Å²) in [5.41, 5.74) is 16.5. The van der Waals surface area contributed by atoms with Crippen molar-refractivity contribution >= 4 is 23.4 Å². The molecule has 0 aromatic heterocycles. The number of nitrogens with two attached hydrogens (primary N) is 3. The topological polar surface area (TPSA) is 141 Å². The smallest absolute Gasteiger partial charge is 0.248 e. The van der Waals surface area contributed by atoms with Crippen molar-refractivity contribution in [3.8, 4) is 0 Å². The highest BCUT2D eigenvalue weighted by Gasteiger charge is 2.16. The summed E-state index contributed by atoms with van der Waals surface area (Å²) >= 11 is 0. The molecule has 0 saturated carbocycles. The van der Waals surface area contributed by atoms with E-state index in [-0.39, 0.29) is 22.7 Å². The number of hydrogen-bond acceptors (Lipinski definition) is 4. The lowest BCUT2D eigenvalue weighted by molar-refractivity contribution is -0.117. The molecule has 7 N–H and O–H groups in total. The van der Waals surface area contributed by atoms with Gasteiger partial charge in [0, 0.05) is 16.8 Å². The van der Waals surface area contributed by atoms with Gasteiger partial charge in [0.25, 0.3) is 0 Å². The van der Waals surface area contributed by atoms with Crippen LogP contribution in [0.4, 0.5) is 5.69 Å². The molecule has 1 rings (SSSR count). The zero-order valence-electron chi connectivity index (χ0n) is 12.1. The van der Waals surface area contributed by atoms with Crippen LogP contribution in [0.5, 0.6) is 0 Å². The molecule has 21 heavy (non-hydrogen) atoms. The molecule has 0 fully saturated rings. The van der Waals surface area contributed by atoms with E-state index in [4.69, 9.17) is 17.2 Å². The predicted molar refractivity (Wildman–Crippen MR) is 79.5 cm³/mol. The first-order valence-corrected chi connectivity index (χ1v) is 6.51. The molecule has 3 amide bonds. The monoisotopic (exact) mass is 292 g/mol. The summed E-state index contributed by atoms with van der Waals surface area (Å²) in [5.74, 6) is -1.58. The van der Waals surface area contributed by atoms with Crippen LogP contribution in [0, 0.1) is 5.92 Å². The van der Waals surface area contributed by atoms with Crippen molar-refractivity contribution in [2.45, 2.75) is 26.3 Å². The van der Waals surface area contributed by atoms with Crippen LogP contribution in [-0.4, -0.2) is 23.8 Å². The minimum atomic E-state index is -0.722. The van der Waals surface area contributed by atoms with Crippen LogP contribution in [0.25, 0.3) is 0 Å². The van der Waals surface area contributed by atoms with Gasteiger partial charge in [-0.3, -0.25) is 14.4 Å². The molecule has 7 heteroatoms. The lowest BCUT2D eigenvalue weighted by Crippen LogP contribution is -2.36. The third-order valence-corrected chi connectivity index (χ3v) is 2.83. The Morgan fingerprint density at radius 3 is 1.90 bits per heavy atom. The highest BCUT2D eigenvalue weighted by Crippen LogP contribution is 2.16. The summed E-state index contributed by atoms with van der Waals surface area (Å²) in [5, 5.41) is 2.56. The van der Waals surface area contributed by atoms with E-state index in [1.165, 1.54) is 18.2 Å². The highest BCUT2D eigenvalue weighted by molar-refractivity contribution is 6.02. The molecule has 0 aliphatic heterocycles. The van der Waals surface area contributed by atoms with E-state index in [2.05, 4.69) is 5.32 Å². The van der Waals surface area contributed by atoms with E-state index in [0.717, 1.165) is 0 Å². The van der Waals surface area contributed by atoms with Crippen molar-refractivity contribution in [3.63, 3.8) is 0 Å². The first-order chi connectivity index (χ1) is 9.70. The minimum Gasteiger partial charge on any atom is -0.366 e. The van der Waals surface area contributed by atoms with Gasteiger partial charge in [0.05, 0.1) is 6.04 Å². The molecule has 0 radical (unpaired) electrons. The fraction of sp³-hybridized carbons (Fsp3) is 0.357. The Morgan fingerprint density at radius 2 is 1.52 bits per heavy atom. The number of carbonyl (C=O) groups excluding carboxylic acids is 3. The number of rotatable bonds is 6. The average Bonchev–Trinajstić information content (AvgIpc) is 2.37. The molecule has 0 unspecified atom stereocenters. The second-order valence-corrected chi connectivity index (χ2v) is 5.25. The van der Waals surface area contributed by atoms with Gasteiger partial charge in [-0.2, -0.15) is 0 Å². The van der Waals surface area contributed by atoms with E-state index in [1.54, 1.807) is 0 Å². The third-order valence-electron chi connectivity index (χ3n) is 2.83. The van der Waals surface area contributed by atoms with Crippen LogP contribution in [0.15, 0.2) is 18.2 Å². The Hall–Kier alpha value is -2.41. The molecule has 0 aliphatic rings. The van der Waals surface area contributed by atoms with Crippen LogP contribution in [-0.2, 0) is 4.79 Å². The van der Waals surface area contributed by atoms with Gasteiger partial charge in [0.15, 0.2) is 0 Å². The molecule has 114 valence electrons. The Labute approximate surface area is 122 Å². The maximum Gasteiger partial charge on any atom is 0.248 e. The van der Waals surface area contributed by atoms with Gasteiger partial charge in [0.2, 0.25) is 17.7 Å². The summed E-state index contributed by atoms with van der Waals surface area (Å²) in [7, 11) is 0. The lowest BCUT2D eigenvalue weighted by atomic mass is 10.0. The molecule has 1 aromatic rings. The van der Waals surface area contributed by atoms with Gasteiger partial charge >= 0.3 is 0 Å². The zero-order chi connectivity index (χ0) is 16.2. The van der Waals surface area contributed by atoms with Gasteiger partial charge in [-0.05, 0) is 30.5 Å². The summed E-state index contributed by atoms with van der Waals surface area (Å²) in [6, 6.07) is 3.33. The molecule has 1 atom stereocenters. The third kappa shape index (κ3) is 4.88. The second-order valence-electron chi connectivity index (χ2n) is 5.25. The van der Waals surface area contributed by atoms with Crippen molar-refractivity contribution in [2.24, 2.45) is 23.1 Å². The Balaban J connectivity index is 2.99. The largest absolute Gasteiger partial charge is 0.366 e. The molecule has 0 spiro atoms. The van der Waals surface area contributed by atoms with Gasteiger partial charge in [-0.1, -0.05) is 13.8 Å². The lowest BCUT2D eigenvalue weighted by Gasteiger charge is -2.15. The molecular formula is C14H20N4O3. The molecule has 7 nitrogen and oxygen atoms in total. The second kappa shape index (κ2) is 6.85. The number of primary amides is 2. The standard InChI is InChI=1S/C14H20N4O3/c1-7(2)3-11(15)14(21)18-10-5-8(12(16)19)4-9(6-10)13(17)20/h4-7,11H,3,15H2,1-2H3,(H2,16,19)(H2,17,20)(H,18,21)/t11-/m0/s1. The first kappa shape index (κ1) is 16.6. The van der Waals surface area contributed by atoms with E-state index >= 15 is 0 Å². The van der Waals surface area contributed by atoms with Crippen LogP contribution < -0.4 is 22.5 Å². The number of amides is 3. The van der Waals surface area contributed by atoms with Crippen LogP contribution in [0.1, 0.15) is 41.0 Å². The Morgan fingerprint density at radius 1 is 1.05 bits per heavy atom. The molecule has 0 heterocycles. The quantitative estimate of drug-likeness (QED) is 0.594. The van der Waals surface area contributed by atoms with Crippen molar-refractivity contribution in [2.75, 3.05) is 5.32 Å². The zero-order valence-corrected chi connectivity index (χ0v) is 12.1. The van der Waals surface area contributed by atoms with E-state index in [0.29, 0.717) is 6.42 Å². The van der Waals surface area contributed by atoms with Gasteiger partial charge in [0.1, 0.15) is 0 Å². The van der Waals surface area contributed by atoms with E-state index < -0.39 is 23.8 Å². The first-order valence-electron chi connectivity index (χ1n) is 6.51. The number of nitrogens with one attached hydrogen (secondary N) is 1. The number of hydrogen-bond donors (Lipinski definition) is 4. The number of benzene rings is 1. The molecular weight excluding hydrogens is 272 g/mol. The Kier molecular flexibility index (Phi) is 5.43. The number of anilines is 1. The summed E-state index contributed by atoms with van der Waals surface area (Å²) in [4.78, 5) is 34.4. The van der Waals surface area contributed by atoms with Crippen LogP contribution >= 0.6 is 0 Å². The summed E-state index contributed by atoms with van der Waals surface area (Å²) < 4.78 is 0. The van der Waals surface area contributed by atoms with Crippen LogP contribution in [0.2, 0.25) is 0 Å². The van der Waals surface area contributed by atoms with Gasteiger partial charge in [-0.25, -0.2) is 0 Å². The maximum atomic E-state index is 11.9. The molecule has 0 saturated heterocycles. The average molecular weight is 292 g/mol. The highest BCUT2D eigenvalue weighted by atomic mass is 16.2. The van der Waals surface area contributed by atoms with E-state index in [1.807, 2.05) is 13.8 Å². The molecule has 0 aliphatic carbocycles. The van der Waals surface area contributed by atoms with Crippen molar-refractivity contribution < 1.29 is 14.4 Å². The number of carbonyl (C=O) groups is 3. The van der Waals surface area contributed by atoms with Crippen molar-refractivity contribution in [1.29, 1.82) is 0 Å². The van der Waals surface area contributed by atoms with Crippen LogP contribution in [0.3, 0.4) is 0 Å². The summed E-state index contributed by atoms with van der Waals surface area (Å²) in [6.45, 7) is 3.90.